The number of nitrogens with zero attached hydrogens (tertiary/aromatic N) is 1. The molecule has 0 saturated heterocycles. The fourth-order valence-corrected chi connectivity index (χ4v) is 1.59. The largest absolute Gasteiger partial charge is 0.462 e. The van der Waals surface area contributed by atoms with Crippen molar-refractivity contribution < 1.29 is 9.53 Å². The van der Waals surface area contributed by atoms with E-state index in [2.05, 4.69) is 6.07 Å². The molecule has 0 aromatic rings. The lowest BCUT2D eigenvalue weighted by Crippen LogP contribution is -2.33. The van der Waals surface area contributed by atoms with Gasteiger partial charge in [-0.15, -0.1) is 0 Å². The molecule has 3 nitrogen and oxygen atoms in total. The first-order valence-corrected chi connectivity index (χ1v) is 5.74. The van der Waals surface area contributed by atoms with E-state index >= 15 is 0 Å². The third-order valence-electron chi connectivity index (χ3n) is 2.60. The Hall–Kier alpha value is -1.30. The van der Waals surface area contributed by atoms with Crippen molar-refractivity contribution in [3.8, 4) is 6.07 Å². The second kappa shape index (κ2) is 6.32. The summed E-state index contributed by atoms with van der Waals surface area (Å²) in [5.74, 6) is -0.435. The Morgan fingerprint density at radius 1 is 1.50 bits per heavy atom. The topological polar surface area (TPSA) is 50.1 Å². The number of nitriles is 1. The van der Waals surface area contributed by atoms with Gasteiger partial charge >= 0.3 is 5.97 Å². The Balaban J connectivity index is 5.20. The normalized spacial score (nSPS) is 15.4. The third kappa shape index (κ3) is 3.10. The van der Waals surface area contributed by atoms with E-state index in [1.54, 1.807) is 13.8 Å². The lowest BCUT2D eigenvalue weighted by atomic mass is 9.79. The highest BCUT2D eigenvalue weighted by Crippen LogP contribution is 2.32. The molecule has 0 heterocycles. The summed E-state index contributed by atoms with van der Waals surface area (Å²) in [6, 6.07) is 2.11. The number of allylic oxidation sites excluding steroid dienone is 1. The average molecular weight is 223 g/mol. The van der Waals surface area contributed by atoms with E-state index < -0.39 is 11.4 Å². The summed E-state index contributed by atoms with van der Waals surface area (Å²) < 4.78 is 5.16. The van der Waals surface area contributed by atoms with Gasteiger partial charge in [-0.25, -0.2) is 4.79 Å². The van der Waals surface area contributed by atoms with E-state index in [0.717, 1.165) is 12.0 Å². The Bertz CT molecular complexity index is 312. The van der Waals surface area contributed by atoms with E-state index in [9.17, 15) is 10.1 Å². The van der Waals surface area contributed by atoms with E-state index in [1.165, 1.54) is 0 Å². The number of carbonyl (C=O) groups excluding carboxylic acids is 1. The average Bonchev–Trinajstić information content (AvgIpc) is 2.19. The maximum absolute atomic E-state index is 12.0. The summed E-state index contributed by atoms with van der Waals surface area (Å²) >= 11 is 0. The predicted octanol–water partition coefficient (Wildman–Crippen LogP) is 3.21. The molecule has 0 aliphatic heterocycles. The molecule has 0 aromatic carbocycles. The van der Waals surface area contributed by atoms with Gasteiger partial charge in [0, 0.05) is 0 Å². The monoisotopic (exact) mass is 223 g/mol. The number of hydrogen-bond acceptors (Lipinski definition) is 3. The number of rotatable bonds is 5. The van der Waals surface area contributed by atoms with Gasteiger partial charge in [-0.3, -0.25) is 0 Å². The van der Waals surface area contributed by atoms with Gasteiger partial charge in [0.15, 0.2) is 5.41 Å². The molecule has 16 heavy (non-hydrogen) atoms. The molecule has 3 heteroatoms. The molecule has 0 aromatic heterocycles. The van der Waals surface area contributed by atoms with Gasteiger partial charge in [-0.1, -0.05) is 19.9 Å². The van der Waals surface area contributed by atoms with Crippen molar-refractivity contribution in [2.45, 2.75) is 53.6 Å². The molecular weight excluding hydrogens is 202 g/mol. The second-order valence-corrected chi connectivity index (χ2v) is 4.12. The first-order chi connectivity index (χ1) is 7.44. The van der Waals surface area contributed by atoms with Crippen LogP contribution in [-0.4, -0.2) is 12.1 Å². The van der Waals surface area contributed by atoms with E-state index in [1.807, 2.05) is 26.8 Å². The summed E-state index contributed by atoms with van der Waals surface area (Å²) in [5.41, 5.74) is -0.328. The molecule has 0 bridgehead atoms. The molecule has 0 amide bonds. The Labute approximate surface area is 98.1 Å². The highest BCUT2D eigenvalue weighted by molar-refractivity contribution is 5.83. The van der Waals surface area contributed by atoms with Gasteiger partial charge in [0.2, 0.25) is 0 Å². The zero-order valence-corrected chi connectivity index (χ0v) is 10.8. The van der Waals surface area contributed by atoms with Gasteiger partial charge in [0.05, 0.1) is 12.2 Å². The fraction of sp³-hybridized carbons (Fsp3) is 0.692. The molecule has 0 N–H and O–H groups in total. The lowest BCUT2D eigenvalue weighted by molar-refractivity contribution is -0.154. The van der Waals surface area contributed by atoms with E-state index in [-0.39, 0.29) is 6.10 Å². The quantitative estimate of drug-likeness (QED) is 0.531. The molecular formula is C13H21NO2. The van der Waals surface area contributed by atoms with Crippen molar-refractivity contribution >= 4 is 5.97 Å². The highest BCUT2D eigenvalue weighted by Gasteiger charge is 2.40. The third-order valence-corrected chi connectivity index (χ3v) is 2.60. The van der Waals surface area contributed by atoms with Crippen LogP contribution in [-0.2, 0) is 9.53 Å². The number of ether oxygens (including phenoxy) is 1. The Kier molecular flexibility index (Phi) is 5.81. The van der Waals surface area contributed by atoms with Gasteiger partial charge < -0.3 is 4.74 Å². The first-order valence-electron chi connectivity index (χ1n) is 5.74. The van der Waals surface area contributed by atoms with Crippen LogP contribution in [0.15, 0.2) is 11.6 Å². The maximum Gasteiger partial charge on any atom is 0.330 e. The summed E-state index contributed by atoms with van der Waals surface area (Å²) in [4.78, 5) is 12.0. The molecule has 0 fully saturated rings. The molecule has 1 atom stereocenters. The summed E-state index contributed by atoms with van der Waals surface area (Å²) in [6.07, 6.45) is 2.97. The summed E-state index contributed by atoms with van der Waals surface area (Å²) in [5, 5.41) is 9.27. The van der Waals surface area contributed by atoms with Crippen LogP contribution in [0.2, 0.25) is 0 Å². The predicted molar refractivity (Wildman–Crippen MR) is 63.6 cm³/mol. The van der Waals surface area contributed by atoms with E-state index in [4.69, 9.17) is 4.74 Å². The molecule has 0 spiro atoms. The van der Waals surface area contributed by atoms with Crippen LogP contribution in [0.25, 0.3) is 0 Å². The van der Waals surface area contributed by atoms with Crippen LogP contribution in [0.1, 0.15) is 47.5 Å². The summed E-state index contributed by atoms with van der Waals surface area (Å²) in [6.45, 7) is 9.20. The van der Waals surface area contributed by atoms with Crippen molar-refractivity contribution in [1.82, 2.24) is 0 Å². The molecule has 0 aliphatic carbocycles. The molecule has 0 radical (unpaired) electrons. The Morgan fingerprint density at radius 3 is 2.38 bits per heavy atom. The number of hydrogen-bond donors (Lipinski definition) is 0. The zero-order valence-electron chi connectivity index (χ0n) is 10.8. The van der Waals surface area contributed by atoms with Crippen molar-refractivity contribution in [3.63, 3.8) is 0 Å². The van der Waals surface area contributed by atoms with Gasteiger partial charge in [0.1, 0.15) is 0 Å². The van der Waals surface area contributed by atoms with E-state index in [0.29, 0.717) is 6.42 Å². The van der Waals surface area contributed by atoms with Crippen molar-refractivity contribution in [1.29, 1.82) is 5.26 Å². The van der Waals surface area contributed by atoms with Crippen LogP contribution in [0.3, 0.4) is 0 Å². The molecule has 0 aliphatic rings. The van der Waals surface area contributed by atoms with Crippen LogP contribution in [0.4, 0.5) is 0 Å². The lowest BCUT2D eigenvalue weighted by Gasteiger charge is -2.25. The van der Waals surface area contributed by atoms with Crippen molar-refractivity contribution in [3.05, 3.63) is 11.6 Å². The maximum atomic E-state index is 12.0. The SMILES string of the molecule is CCC=C(C)C(C#N)(CC)C(=O)OC(C)C. The highest BCUT2D eigenvalue weighted by atomic mass is 16.5. The van der Waals surface area contributed by atoms with Crippen LogP contribution >= 0.6 is 0 Å². The number of carbonyl (C=O) groups is 1. The van der Waals surface area contributed by atoms with Crippen molar-refractivity contribution in [2.75, 3.05) is 0 Å². The minimum absolute atomic E-state index is 0.193. The van der Waals surface area contributed by atoms with Gasteiger partial charge in [0.25, 0.3) is 0 Å². The smallest absolute Gasteiger partial charge is 0.330 e. The standard InChI is InChI=1S/C13H21NO2/c1-6-8-11(5)13(7-2,9-14)12(15)16-10(3)4/h8,10H,6-7H2,1-5H3. The summed E-state index contributed by atoms with van der Waals surface area (Å²) in [7, 11) is 0. The van der Waals surface area contributed by atoms with Gasteiger partial charge in [-0.2, -0.15) is 5.26 Å². The first kappa shape index (κ1) is 14.7. The van der Waals surface area contributed by atoms with Crippen LogP contribution in [0, 0.1) is 16.7 Å². The van der Waals surface area contributed by atoms with Crippen LogP contribution < -0.4 is 0 Å². The minimum atomic E-state index is -1.11. The second-order valence-electron chi connectivity index (χ2n) is 4.12. The molecule has 0 rings (SSSR count). The Morgan fingerprint density at radius 2 is 2.06 bits per heavy atom. The van der Waals surface area contributed by atoms with Crippen molar-refractivity contribution in [2.24, 2.45) is 5.41 Å². The van der Waals surface area contributed by atoms with Gasteiger partial charge in [-0.05, 0) is 39.2 Å². The number of esters is 1. The fourth-order valence-electron chi connectivity index (χ4n) is 1.59. The molecule has 90 valence electrons. The van der Waals surface area contributed by atoms with Crippen LogP contribution in [0.5, 0.6) is 0 Å². The molecule has 1 unspecified atom stereocenters. The molecule has 0 saturated carbocycles. The zero-order chi connectivity index (χ0) is 12.8. The minimum Gasteiger partial charge on any atom is -0.462 e.